The van der Waals surface area contributed by atoms with Crippen LogP contribution in [0.1, 0.15) is 10.4 Å². The van der Waals surface area contributed by atoms with E-state index in [9.17, 15) is 9.00 Å². The van der Waals surface area contributed by atoms with E-state index >= 15 is 0 Å². The van der Waals surface area contributed by atoms with Crippen molar-refractivity contribution in [3.05, 3.63) is 29.8 Å². The summed E-state index contributed by atoms with van der Waals surface area (Å²) in [5, 5.41) is 8.56. The molecule has 1 atom stereocenters. The van der Waals surface area contributed by atoms with Gasteiger partial charge in [-0.25, -0.2) is 9.00 Å². The lowest BCUT2D eigenvalue weighted by Gasteiger charge is -1.98. The number of carboxylic acids is 1. The van der Waals surface area contributed by atoms with Gasteiger partial charge in [-0.1, -0.05) is 0 Å². The molecular weight excluding hydrogens is 192 g/mol. The predicted molar refractivity (Wildman–Crippen MR) is 46.8 cm³/mol. The Balaban J connectivity index is 2.93. The highest BCUT2D eigenvalue weighted by Crippen LogP contribution is 2.08. The highest BCUT2D eigenvalue weighted by atomic mass is 32.2. The van der Waals surface area contributed by atoms with E-state index in [2.05, 4.69) is 4.18 Å². The van der Waals surface area contributed by atoms with E-state index in [0.717, 1.165) is 0 Å². The zero-order valence-electron chi connectivity index (χ0n) is 6.89. The molecule has 0 fully saturated rings. The van der Waals surface area contributed by atoms with Gasteiger partial charge in [0.25, 0.3) is 0 Å². The molecule has 0 aliphatic carbocycles. The molecule has 70 valence electrons. The van der Waals surface area contributed by atoms with Crippen molar-refractivity contribution in [2.45, 2.75) is 4.90 Å². The monoisotopic (exact) mass is 200 g/mol. The standard InChI is InChI=1S/C8H8O4S/c1-12-13(11)7-4-2-6(3-5-7)8(9)10/h2-5H,1H3,(H,9,10). The fraction of sp³-hybridized carbons (Fsp3) is 0.125. The lowest BCUT2D eigenvalue weighted by Crippen LogP contribution is -1.97. The summed E-state index contributed by atoms with van der Waals surface area (Å²) in [7, 11) is 1.32. The summed E-state index contributed by atoms with van der Waals surface area (Å²) in [6.07, 6.45) is 0. The number of aromatic carboxylic acids is 1. The zero-order chi connectivity index (χ0) is 9.84. The second-order valence-corrected chi connectivity index (χ2v) is 3.51. The van der Waals surface area contributed by atoms with Crippen molar-refractivity contribution < 1.29 is 18.3 Å². The largest absolute Gasteiger partial charge is 0.478 e. The fourth-order valence-electron chi connectivity index (χ4n) is 0.805. The third-order valence-corrected chi connectivity index (χ3v) is 2.40. The highest BCUT2D eigenvalue weighted by Gasteiger charge is 2.05. The van der Waals surface area contributed by atoms with Crippen LogP contribution in [0.4, 0.5) is 0 Å². The molecule has 0 radical (unpaired) electrons. The molecule has 0 saturated heterocycles. The third kappa shape index (κ3) is 2.37. The maximum atomic E-state index is 11.0. The zero-order valence-corrected chi connectivity index (χ0v) is 7.71. The molecule has 0 spiro atoms. The number of hydrogen-bond donors (Lipinski definition) is 1. The molecule has 5 heteroatoms. The predicted octanol–water partition coefficient (Wildman–Crippen LogP) is 1.05. The van der Waals surface area contributed by atoms with Crippen LogP contribution in [0.5, 0.6) is 0 Å². The SMILES string of the molecule is COS(=O)c1ccc(C(=O)O)cc1. The van der Waals surface area contributed by atoms with E-state index < -0.39 is 17.0 Å². The summed E-state index contributed by atoms with van der Waals surface area (Å²) >= 11 is -1.50. The van der Waals surface area contributed by atoms with Crippen molar-refractivity contribution in [2.24, 2.45) is 0 Å². The number of carbonyl (C=O) groups is 1. The van der Waals surface area contributed by atoms with Crippen LogP contribution in [-0.4, -0.2) is 22.4 Å². The normalized spacial score (nSPS) is 12.4. The second kappa shape index (κ2) is 4.15. The minimum Gasteiger partial charge on any atom is -0.478 e. The Morgan fingerprint density at radius 3 is 2.31 bits per heavy atom. The van der Waals surface area contributed by atoms with Crippen molar-refractivity contribution in [1.82, 2.24) is 0 Å². The minimum absolute atomic E-state index is 0.164. The van der Waals surface area contributed by atoms with Crippen LogP contribution >= 0.6 is 0 Å². The van der Waals surface area contributed by atoms with Gasteiger partial charge in [0.15, 0.2) is 11.1 Å². The van der Waals surface area contributed by atoms with Gasteiger partial charge in [-0.05, 0) is 24.3 Å². The van der Waals surface area contributed by atoms with Gasteiger partial charge in [-0.3, -0.25) is 4.18 Å². The van der Waals surface area contributed by atoms with Gasteiger partial charge >= 0.3 is 5.97 Å². The van der Waals surface area contributed by atoms with Gasteiger partial charge in [0.1, 0.15) is 0 Å². The van der Waals surface area contributed by atoms with E-state index in [1.807, 2.05) is 0 Å². The van der Waals surface area contributed by atoms with Crippen molar-refractivity contribution in [1.29, 1.82) is 0 Å². The average Bonchev–Trinajstić information content (AvgIpc) is 2.17. The topological polar surface area (TPSA) is 63.6 Å². The molecule has 13 heavy (non-hydrogen) atoms. The summed E-state index contributed by atoms with van der Waals surface area (Å²) in [6, 6.07) is 5.69. The Morgan fingerprint density at radius 1 is 1.38 bits per heavy atom. The van der Waals surface area contributed by atoms with Crippen molar-refractivity contribution >= 4 is 17.0 Å². The molecule has 0 aromatic heterocycles. The summed E-state index contributed by atoms with van der Waals surface area (Å²) in [5.41, 5.74) is 0.164. The first-order valence-corrected chi connectivity index (χ1v) is 4.52. The van der Waals surface area contributed by atoms with Gasteiger partial charge < -0.3 is 5.11 Å². The van der Waals surface area contributed by atoms with Gasteiger partial charge in [0.05, 0.1) is 17.6 Å². The number of hydrogen-bond acceptors (Lipinski definition) is 3. The average molecular weight is 200 g/mol. The van der Waals surface area contributed by atoms with Crippen molar-refractivity contribution in [3.63, 3.8) is 0 Å². The van der Waals surface area contributed by atoms with Crippen molar-refractivity contribution in [2.75, 3.05) is 7.11 Å². The Morgan fingerprint density at radius 2 is 1.92 bits per heavy atom. The second-order valence-electron chi connectivity index (χ2n) is 2.23. The first-order valence-electron chi connectivity index (χ1n) is 3.44. The molecule has 0 saturated carbocycles. The molecule has 0 aliphatic rings. The lowest BCUT2D eigenvalue weighted by atomic mass is 10.2. The number of carboxylic acid groups (broad SMARTS) is 1. The number of rotatable bonds is 3. The first-order chi connectivity index (χ1) is 6.15. The molecule has 4 nitrogen and oxygen atoms in total. The van der Waals surface area contributed by atoms with E-state index in [1.54, 1.807) is 0 Å². The van der Waals surface area contributed by atoms with E-state index in [0.29, 0.717) is 4.90 Å². The highest BCUT2D eigenvalue weighted by molar-refractivity contribution is 7.80. The lowest BCUT2D eigenvalue weighted by molar-refractivity contribution is 0.0697. The van der Waals surface area contributed by atoms with Gasteiger partial charge in [0, 0.05) is 0 Å². The molecule has 1 N–H and O–H groups in total. The smallest absolute Gasteiger partial charge is 0.335 e. The summed E-state index contributed by atoms with van der Waals surface area (Å²) in [5.74, 6) is -1.00. The molecule has 0 bridgehead atoms. The molecule has 0 heterocycles. The van der Waals surface area contributed by atoms with E-state index in [-0.39, 0.29) is 5.56 Å². The Kier molecular flexibility index (Phi) is 3.16. The van der Waals surface area contributed by atoms with Gasteiger partial charge in [-0.15, -0.1) is 0 Å². The van der Waals surface area contributed by atoms with E-state index in [4.69, 9.17) is 5.11 Å². The van der Waals surface area contributed by atoms with Gasteiger partial charge in [0.2, 0.25) is 0 Å². The van der Waals surface area contributed by atoms with E-state index in [1.165, 1.54) is 31.4 Å². The first kappa shape index (κ1) is 9.88. The van der Waals surface area contributed by atoms with Crippen LogP contribution in [-0.2, 0) is 15.3 Å². The maximum Gasteiger partial charge on any atom is 0.335 e. The van der Waals surface area contributed by atoms with Gasteiger partial charge in [-0.2, -0.15) is 0 Å². The summed E-state index contributed by atoms with van der Waals surface area (Å²) in [4.78, 5) is 10.9. The van der Waals surface area contributed by atoms with Crippen LogP contribution < -0.4 is 0 Å². The third-order valence-electron chi connectivity index (χ3n) is 1.45. The molecule has 1 unspecified atom stereocenters. The fourth-order valence-corrected chi connectivity index (χ4v) is 1.36. The maximum absolute atomic E-state index is 11.0. The minimum atomic E-state index is -1.50. The van der Waals surface area contributed by atoms with Crippen LogP contribution in [0.25, 0.3) is 0 Å². The van der Waals surface area contributed by atoms with Crippen LogP contribution in [0.2, 0.25) is 0 Å². The van der Waals surface area contributed by atoms with Crippen molar-refractivity contribution in [3.8, 4) is 0 Å². The summed E-state index contributed by atoms with van der Waals surface area (Å²) in [6.45, 7) is 0. The quantitative estimate of drug-likeness (QED) is 0.792. The molecular formula is C8H8O4S. The Labute approximate surface area is 77.8 Å². The molecule has 0 aliphatic heterocycles. The number of benzene rings is 1. The molecule has 1 rings (SSSR count). The Hall–Kier alpha value is -1.20. The molecule has 1 aromatic carbocycles. The van der Waals surface area contributed by atoms with Crippen LogP contribution in [0.15, 0.2) is 29.2 Å². The summed E-state index contributed by atoms with van der Waals surface area (Å²) < 4.78 is 15.6. The molecule has 0 amide bonds. The molecule has 1 aromatic rings. The van der Waals surface area contributed by atoms with Crippen LogP contribution in [0.3, 0.4) is 0 Å². The Bertz CT molecular complexity index is 331. The van der Waals surface area contributed by atoms with Crippen LogP contribution in [0, 0.1) is 0 Å².